The van der Waals surface area contributed by atoms with Crippen LogP contribution < -0.4 is 5.32 Å². The van der Waals surface area contributed by atoms with Gasteiger partial charge in [0.1, 0.15) is 0 Å². The molecular weight excluding hydrogens is 770 g/mol. The SMILES string of the molecule is C[NH-].C[NH-].C[NH-].C[NH-].O=[C-]N1[CH-]CCC1.O=[C-]O.[CH-]1CCCN1.[V+2].[V+2].[W+2].[W+2]. The monoisotopic (exact) mass is 802 g/mol. The molecule has 2 radical (unpaired) electrons. The second-order valence-electron chi connectivity index (χ2n) is 3.00. The second kappa shape index (κ2) is 80.7. The van der Waals surface area contributed by atoms with E-state index in [9.17, 15) is 4.79 Å². The third-order valence-corrected chi connectivity index (χ3v) is 1.88. The fraction of sp³-hybridized carbons (Fsp3) is 0.714. The van der Waals surface area contributed by atoms with Crippen molar-refractivity contribution in [3.8, 4) is 0 Å². The quantitative estimate of drug-likeness (QED) is 0.390. The first-order valence-corrected chi connectivity index (χ1v) is 6.89. The van der Waals surface area contributed by atoms with Crippen LogP contribution in [0, 0.1) is 13.1 Å². The summed E-state index contributed by atoms with van der Waals surface area (Å²) in [6, 6.07) is 0. The van der Waals surface area contributed by atoms with E-state index in [1.165, 1.54) is 47.6 Å². The molecule has 2 aliphatic rings. The van der Waals surface area contributed by atoms with Crippen molar-refractivity contribution in [1.82, 2.24) is 10.2 Å². The van der Waals surface area contributed by atoms with Gasteiger partial charge in [-0.05, 0) is 13.1 Å². The van der Waals surface area contributed by atoms with E-state index in [2.05, 4.69) is 11.9 Å². The fourth-order valence-corrected chi connectivity index (χ4v) is 1.19. The number of hydrogen-bond donors (Lipinski definition) is 2. The zero-order valence-electron chi connectivity index (χ0n) is 16.3. The van der Waals surface area contributed by atoms with Gasteiger partial charge < -0.3 is 47.8 Å². The second-order valence-corrected chi connectivity index (χ2v) is 3.00. The zero-order chi connectivity index (χ0) is 19.4. The molecule has 2 heterocycles. The van der Waals surface area contributed by atoms with Gasteiger partial charge in [-0.1, -0.05) is 19.3 Å². The number of aliphatic hydroxyl groups excluding tert-OH is 1. The Bertz CT molecular complexity index is 179. The Kier molecular flexibility index (Phi) is 169. The van der Waals surface area contributed by atoms with Gasteiger partial charge in [0.25, 0.3) is 0 Å². The first-order valence-electron chi connectivity index (χ1n) is 6.89. The third kappa shape index (κ3) is 74.7. The van der Waals surface area contributed by atoms with E-state index in [0.29, 0.717) is 6.47 Å². The van der Waals surface area contributed by atoms with Crippen LogP contribution in [0.5, 0.6) is 0 Å². The first-order chi connectivity index (χ1) is 11.3. The molecule has 0 atom stereocenters. The Morgan fingerprint density at radius 1 is 0.889 bits per heavy atom. The molecule has 0 unspecified atom stereocenters. The number of rotatable bonds is 1. The van der Waals surface area contributed by atoms with Gasteiger partial charge in [0, 0.05) is 0 Å². The van der Waals surface area contributed by atoms with Gasteiger partial charge in [-0.3, -0.25) is 13.1 Å². The van der Waals surface area contributed by atoms with E-state index in [-0.39, 0.29) is 79.2 Å². The van der Waals surface area contributed by atoms with Crippen LogP contribution >= 0.6 is 0 Å². The molecule has 2 aliphatic heterocycles. The average molecular weight is 802 g/mol. The van der Waals surface area contributed by atoms with Crippen LogP contribution in [0.2, 0.25) is 0 Å². The van der Waals surface area contributed by atoms with Gasteiger partial charge >= 0.3 is 79.2 Å². The van der Waals surface area contributed by atoms with Crippen molar-refractivity contribution < 1.29 is 93.9 Å². The Morgan fingerprint density at radius 2 is 1.30 bits per heavy atom. The average Bonchev–Trinajstić information content (AvgIpc) is 3.39. The van der Waals surface area contributed by atoms with E-state index in [1.807, 2.05) is 6.54 Å². The summed E-state index contributed by atoms with van der Waals surface area (Å²) in [5, 5.41) is 9.86. The van der Waals surface area contributed by atoms with Crippen LogP contribution in [-0.2, 0) is 88.8 Å². The molecule has 13 heteroatoms. The van der Waals surface area contributed by atoms with Crippen molar-refractivity contribution in [2.75, 3.05) is 41.3 Å². The van der Waals surface area contributed by atoms with Crippen LogP contribution in [-0.4, -0.2) is 64.2 Å². The predicted molar refractivity (Wildman–Crippen MR) is 96.8 cm³/mol. The standard InChI is InChI=1S/C5H7NO.C4H8N.4CH4N.CHO2.2V.2W/c7-5-6-3-1-2-4-6;1-2-4-5-3-1;4*1-2;2-1-3;;;;/h3H,1-2,4H2;3,5H,1-2,4H2;4*2H,1H3;(H,2,3);;;;/q-2;6*-1;4*+2. The fourth-order valence-electron chi connectivity index (χ4n) is 1.19. The van der Waals surface area contributed by atoms with Gasteiger partial charge in [0.15, 0.2) is 0 Å². The number of carbonyl (C=O) groups excluding carboxylic acids is 1. The minimum atomic E-state index is 0. The molecule has 0 bridgehead atoms. The Morgan fingerprint density at radius 3 is 1.41 bits per heavy atom. The largest absolute Gasteiger partial charge is 2.00 e. The summed E-state index contributed by atoms with van der Waals surface area (Å²) in [7, 11) is 5.00. The molecule has 2 fully saturated rings. The summed E-state index contributed by atoms with van der Waals surface area (Å²) < 4.78 is 0. The van der Waals surface area contributed by atoms with Crippen LogP contribution in [0.3, 0.4) is 0 Å². The van der Waals surface area contributed by atoms with Crippen molar-refractivity contribution in [2.24, 2.45) is 0 Å². The smallest absolute Gasteiger partial charge is 0.680 e. The molecule has 27 heavy (non-hydrogen) atoms. The summed E-state index contributed by atoms with van der Waals surface area (Å²) in [5.41, 5.74) is 23.0. The summed E-state index contributed by atoms with van der Waals surface area (Å²) >= 11 is 0. The van der Waals surface area contributed by atoms with E-state index >= 15 is 0 Å². The molecule has 0 aliphatic carbocycles. The molecule has 0 spiro atoms. The maximum atomic E-state index is 9.78. The molecular formula is C14H32N6O3V2W2. The minimum Gasteiger partial charge on any atom is -0.680 e. The van der Waals surface area contributed by atoms with Crippen molar-refractivity contribution in [2.45, 2.75) is 25.7 Å². The first kappa shape index (κ1) is 56.6. The number of hydrogen-bond acceptors (Lipinski definition) is 3. The summed E-state index contributed by atoms with van der Waals surface area (Å²) in [6.07, 6.45) is 6.53. The number of amides is 1. The normalized spacial score (nSPS) is 11.0. The molecule has 9 nitrogen and oxygen atoms in total. The van der Waals surface area contributed by atoms with E-state index in [0.717, 1.165) is 19.4 Å². The summed E-state index contributed by atoms with van der Waals surface area (Å²) in [4.78, 5) is 19.6. The summed E-state index contributed by atoms with van der Waals surface area (Å²) in [6.45, 7) is 6.54. The molecule has 0 saturated carbocycles. The molecule has 2 rings (SSSR count). The molecule has 158 valence electrons. The maximum absolute atomic E-state index is 9.78. The number of likely N-dealkylation sites (tertiary alicyclic amines) is 1. The van der Waals surface area contributed by atoms with Gasteiger partial charge in [-0.15, -0.1) is 0 Å². The van der Waals surface area contributed by atoms with Crippen molar-refractivity contribution >= 4 is 12.9 Å². The Balaban J connectivity index is -0.0000000211. The van der Waals surface area contributed by atoms with E-state index in [4.69, 9.17) is 32.8 Å². The van der Waals surface area contributed by atoms with Crippen LogP contribution in [0.4, 0.5) is 0 Å². The predicted octanol–water partition coefficient (Wildman–Crippen LogP) is 3.12. The molecule has 2 saturated heterocycles. The van der Waals surface area contributed by atoms with Gasteiger partial charge in [0.2, 0.25) is 0 Å². The topological polar surface area (TPSA) is 165 Å². The van der Waals surface area contributed by atoms with Crippen LogP contribution in [0.1, 0.15) is 25.7 Å². The van der Waals surface area contributed by atoms with Crippen molar-refractivity contribution in [1.29, 1.82) is 0 Å². The van der Waals surface area contributed by atoms with E-state index < -0.39 is 0 Å². The Labute approximate surface area is 218 Å². The van der Waals surface area contributed by atoms with Crippen LogP contribution in [0.15, 0.2) is 0 Å². The summed E-state index contributed by atoms with van der Waals surface area (Å²) in [5.74, 6) is 0. The zero-order valence-corrected chi connectivity index (χ0v) is 25.0. The maximum Gasteiger partial charge on any atom is 2.00 e. The van der Waals surface area contributed by atoms with Gasteiger partial charge in [0.05, 0.1) is 0 Å². The third-order valence-electron chi connectivity index (χ3n) is 1.88. The van der Waals surface area contributed by atoms with Gasteiger partial charge in [-0.25, -0.2) is 0 Å². The van der Waals surface area contributed by atoms with Crippen molar-refractivity contribution in [3.63, 3.8) is 0 Å². The molecule has 0 aromatic heterocycles. The van der Waals surface area contributed by atoms with Gasteiger partial charge in [-0.2, -0.15) is 47.4 Å². The van der Waals surface area contributed by atoms with Crippen LogP contribution in [0.25, 0.3) is 22.9 Å². The number of nitrogens with zero attached hydrogens (tertiary/aromatic N) is 1. The van der Waals surface area contributed by atoms with Crippen molar-refractivity contribution in [3.05, 3.63) is 36.0 Å². The van der Waals surface area contributed by atoms with E-state index in [1.54, 1.807) is 11.3 Å². The minimum absolute atomic E-state index is 0. The molecule has 1 amide bonds. The molecule has 6 N–H and O–H groups in total. The number of nitrogens with one attached hydrogen (secondary N) is 5. The molecule has 0 aromatic rings. The Hall–Kier alpha value is 1.29. The molecule has 0 aromatic carbocycles.